The summed E-state index contributed by atoms with van der Waals surface area (Å²) in [5.41, 5.74) is 0. The van der Waals surface area contributed by atoms with Crippen LogP contribution in [0.1, 0.15) is 0 Å². The summed E-state index contributed by atoms with van der Waals surface area (Å²) >= 11 is 0. The number of rotatable bonds is 10. The van der Waals surface area contributed by atoms with Crippen molar-refractivity contribution in [2.75, 3.05) is 0 Å². The Hall–Kier alpha value is 0.0795. The maximum atomic E-state index is 9.96. The summed E-state index contributed by atoms with van der Waals surface area (Å²) in [6.45, 7) is 0. The van der Waals surface area contributed by atoms with Gasteiger partial charge in [-0.05, 0) is 0 Å². The summed E-state index contributed by atoms with van der Waals surface area (Å²) in [5, 5.41) is 109. The van der Waals surface area contributed by atoms with Crippen molar-refractivity contribution in [2.45, 2.75) is 48.8 Å². The Morgan fingerprint density at radius 2 is 0.500 bits per heavy atom. The van der Waals surface area contributed by atoms with Gasteiger partial charge < -0.3 is 80.5 Å². The number of hydrogen-bond acceptors (Lipinski definition) is 16. The fourth-order valence-corrected chi connectivity index (χ4v) is 1.30. The van der Waals surface area contributed by atoms with Crippen LogP contribution < -0.4 is 20.4 Å². The van der Waals surface area contributed by atoms with Gasteiger partial charge in [0.1, 0.15) is 48.8 Å². The minimum Gasteiger partial charge on any atom is -0.547 e. The van der Waals surface area contributed by atoms with E-state index in [0.717, 1.165) is 0 Å². The molecule has 0 aromatic heterocycles. The Kier molecular flexibility index (Phi) is 22.0. The predicted octanol–water partition coefficient (Wildman–Crippen LogP) is -12.9. The average Bonchev–Trinajstić information content (AvgIpc) is 2.62. The van der Waals surface area contributed by atoms with E-state index in [4.69, 9.17) is 40.9 Å². The molecule has 0 rings (SSSR count). The normalized spacial score (nSPS) is 18.1. The number of aliphatic carboxylic acids is 4. The summed E-state index contributed by atoms with van der Waals surface area (Å²) < 4.78 is 0. The van der Waals surface area contributed by atoms with Crippen LogP contribution in [0.15, 0.2) is 0 Å². The molecule has 0 aliphatic heterocycles. The molecule has 0 aliphatic rings. The first-order valence-electron chi connectivity index (χ1n) is 6.85. The van der Waals surface area contributed by atoms with Crippen LogP contribution in [0.5, 0.6) is 0 Å². The number of carboxylic acids is 4. The van der Waals surface area contributed by atoms with E-state index in [1.165, 1.54) is 0 Å². The van der Waals surface area contributed by atoms with Gasteiger partial charge in [-0.15, -0.1) is 0 Å². The summed E-state index contributed by atoms with van der Waals surface area (Å²) in [4.78, 5) is 39.8. The van der Waals surface area contributed by atoms with E-state index in [9.17, 15) is 39.6 Å². The molecule has 0 fully saturated rings. The number of carbonyl (C=O) groups excluding carboxylic acids is 4. The van der Waals surface area contributed by atoms with Crippen molar-refractivity contribution in [3.05, 3.63) is 0 Å². The van der Waals surface area contributed by atoms with Crippen molar-refractivity contribution in [1.82, 2.24) is 0 Å². The molecule has 0 radical (unpaired) electrons. The maximum absolute atomic E-state index is 9.96. The van der Waals surface area contributed by atoms with Gasteiger partial charge >= 0.3 is 75.5 Å². The molecular weight excluding hydrogens is 480 g/mol. The molecule has 8 N–H and O–H groups in total. The van der Waals surface area contributed by atoms with E-state index >= 15 is 0 Å². The van der Waals surface area contributed by atoms with Crippen molar-refractivity contribution in [2.24, 2.45) is 0 Å². The minimum atomic E-state index is -2.50. The van der Waals surface area contributed by atoms with Gasteiger partial charge in [0.15, 0.2) is 0 Å². The molecule has 0 spiro atoms. The van der Waals surface area contributed by atoms with Gasteiger partial charge in [-0.1, -0.05) is 0 Å². The van der Waals surface area contributed by atoms with Crippen molar-refractivity contribution in [3.8, 4) is 0 Å². The van der Waals surface area contributed by atoms with Crippen LogP contribution in [-0.4, -0.2) is 189 Å². The molecular formula is C12H16Ca2O16. The second-order valence-electron chi connectivity index (χ2n) is 5.02. The quantitative estimate of drug-likeness (QED) is 0.130. The van der Waals surface area contributed by atoms with Crippen LogP contribution in [0, 0.1) is 0 Å². The summed E-state index contributed by atoms with van der Waals surface area (Å²) in [7, 11) is 0. The van der Waals surface area contributed by atoms with Crippen molar-refractivity contribution in [3.63, 3.8) is 0 Å². The zero-order valence-electron chi connectivity index (χ0n) is 14.9. The Bertz CT molecular complexity index is 462. The average molecular weight is 496 g/mol. The van der Waals surface area contributed by atoms with Gasteiger partial charge in [0.05, 0.1) is 23.9 Å². The minimum absolute atomic E-state index is 0. The monoisotopic (exact) mass is 496 g/mol. The summed E-state index contributed by atoms with van der Waals surface area (Å²) in [6.07, 6.45) is -19.5. The molecule has 30 heavy (non-hydrogen) atoms. The first-order chi connectivity index (χ1) is 12.6. The molecule has 0 aromatic carbocycles. The number of aliphatic hydroxyl groups excluding tert-OH is 8. The fraction of sp³-hybridized carbons (Fsp3) is 0.667. The number of carbonyl (C=O) groups is 4. The second kappa shape index (κ2) is 17.6. The number of aliphatic hydroxyl groups is 8. The van der Waals surface area contributed by atoms with Crippen LogP contribution in [0.3, 0.4) is 0 Å². The number of hydrogen-bond donors (Lipinski definition) is 8. The molecule has 16 nitrogen and oxygen atoms in total. The van der Waals surface area contributed by atoms with Gasteiger partial charge in [0, 0.05) is 0 Å². The van der Waals surface area contributed by atoms with Crippen LogP contribution in [-0.2, 0) is 19.2 Å². The van der Waals surface area contributed by atoms with Crippen molar-refractivity contribution in [1.29, 1.82) is 0 Å². The topological polar surface area (TPSA) is 322 Å². The van der Waals surface area contributed by atoms with Crippen molar-refractivity contribution >= 4 is 99.4 Å². The smallest absolute Gasteiger partial charge is 0.547 e. The van der Waals surface area contributed by atoms with E-state index in [2.05, 4.69) is 0 Å². The molecule has 8 atom stereocenters. The zero-order chi connectivity index (χ0) is 22.9. The third-order valence-corrected chi connectivity index (χ3v) is 2.96. The summed E-state index contributed by atoms with van der Waals surface area (Å²) in [5.74, 6) is -8.44. The maximum Gasteiger partial charge on any atom is 2.00 e. The largest absolute Gasteiger partial charge is 2.00 e. The molecule has 0 saturated carbocycles. The molecule has 0 unspecified atom stereocenters. The third-order valence-electron chi connectivity index (χ3n) is 2.96. The van der Waals surface area contributed by atoms with Crippen LogP contribution in [0.2, 0.25) is 0 Å². The fourth-order valence-electron chi connectivity index (χ4n) is 1.30. The molecule has 0 saturated heterocycles. The van der Waals surface area contributed by atoms with Gasteiger partial charge in [0.25, 0.3) is 0 Å². The van der Waals surface area contributed by atoms with Crippen LogP contribution in [0.4, 0.5) is 0 Å². The molecule has 0 heterocycles. The number of carboxylic acid groups (broad SMARTS) is 4. The zero-order valence-corrected chi connectivity index (χ0v) is 19.3. The molecule has 0 aromatic rings. The molecule has 0 bridgehead atoms. The SMILES string of the molecule is O=C([O-])[C@@H](O)[C@H](O)[C@H](O)[C@H](O)C(=O)[O-].O=C([O-])[C@H](O)[C@H](O)[C@H](O)[C@@H](O)C(=O)[O-].[Ca+2].[Ca+2]. The Morgan fingerprint density at radius 1 is 0.400 bits per heavy atom. The van der Waals surface area contributed by atoms with E-state index < -0.39 is 72.7 Å². The van der Waals surface area contributed by atoms with E-state index in [1.54, 1.807) is 0 Å². The first-order valence-corrected chi connectivity index (χ1v) is 6.85. The van der Waals surface area contributed by atoms with E-state index in [1.807, 2.05) is 0 Å². The first kappa shape index (κ1) is 37.4. The van der Waals surface area contributed by atoms with Gasteiger partial charge in [0.2, 0.25) is 0 Å². The third kappa shape index (κ3) is 12.8. The molecule has 0 aliphatic carbocycles. The Morgan fingerprint density at radius 3 is 0.567 bits per heavy atom. The molecule has 164 valence electrons. The van der Waals surface area contributed by atoms with Gasteiger partial charge in [-0.3, -0.25) is 0 Å². The van der Waals surface area contributed by atoms with Crippen molar-refractivity contribution < 1.29 is 80.5 Å². The predicted molar refractivity (Wildman–Crippen MR) is 79.6 cm³/mol. The molecule has 18 heteroatoms. The Balaban J connectivity index is -0.000000211. The second-order valence-corrected chi connectivity index (χ2v) is 5.02. The molecule has 0 amide bonds. The van der Waals surface area contributed by atoms with Crippen LogP contribution in [0.25, 0.3) is 0 Å². The van der Waals surface area contributed by atoms with E-state index in [-0.39, 0.29) is 75.5 Å². The standard InChI is InChI=1S/2C6H10O8.2Ca/c2*7-1(3(9)5(11)12)2(8)4(10)6(13)14;;/h2*1-4,7-10H,(H,11,12)(H,13,14);;/q;;2*+2/p-4/t2*1-,2+,3-,4-;;/m10../s1. The van der Waals surface area contributed by atoms with Crippen LogP contribution >= 0.6 is 0 Å². The summed E-state index contributed by atoms with van der Waals surface area (Å²) in [6, 6.07) is 0. The van der Waals surface area contributed by atoms with E-state index in [0.29, 0.717) is 0 Å². The van der Waals surface area contributed by atoms with Gasteiger partial charge in [-0.25, -0.2) is 0 Å². The van der Waals surface area contributed by atoms with Gasteiger partial charge in [-0.2, -0.15) is 0 Å². The Labute approximate surface area is 226 Å².